The largest absolute Gasteiger partial charge is 0.455 e. The quantitative estimate of drug-likeness (QED) is 0.0912. The molecule has 0 fully saturated rings. The molecule has 6 aromatic heterocycles. The average molecular weight is 1890 g/mol. The molecule has 0 unspecified atom stereocenters. The lowest BCUT2D eigenvalue weighted by Crippen LogP contribution is -2.16. The zero-order valence-electron chi connectivity index (χ0n) is 81.8. The van der Waals surface area contributed by atoms with E-state index in [1.165, 1.54) is 132 Å². The van der Waals surface area contributed by atoms with Gasteiger partial charge < -0.3 is 36.9 Å². The van der Waals surface area contributed by atoms with Gasteiger partial charge >= 0.3 is 0 Å². The van der Waals surface area contributed by atoms with Crippen molar-refractivity contribution >= 4 is 177 Å². The highest BCUT2D eigenvalue weighted by Crippen LogP contribution is 2.54. The molecular weight excluding hydrogens is 1800 g/mol. The van der Waals surface area contributed by atoms with Crippen molar-refractivity contribution in [3.63, 3.8) is 0 Å². The summed E-state index contributed by atoms with van der Waals surface area (Å²) in [6.07, 6.45) is 1.89. The highest BCUT2D eigenvalue weighted by Gasteiger charge is 2.37. The summed E-state index contributed by atoms with van der Waals surface area (Å²) < 4.78 is 22.5. The molecule has 0 bridgehead atoms. The Morgan fingerprint density at radius 1 is 0.230 bits per heavy atom. The predicted molar refractivity (Wildman–Crippen MR) is 624 cm³/mol. The number of nitrogens with zero attached hydrogens (tertiary/aromatic N) is 6. The lowest BCUT2D eigenvalue weighted by atomic mass is 9.81. The van der Waals surface area contributed by atoms with Crippen LogP contribution in [0.4, 0.5) is 34.1 Å². The van der Waals surface area contributed by atoms with Crippen LogP contribution in [0, 0.1) is 0 Å². The van der Waals surface area contributed by atoms with E-state index in [4.69, 9.17) is 8.83 Å². The number of aromatic nitrogens is 4. The van der Waals surface area contributed by atoms with Gasteiger partial charge in [0.05, 0.1) is 44.1 Å². The van der Waals surface area contributed by atoms with Gasteiger partial charge in [-0.25, -0.2) is 0 Å². The molecular formula is C140H96N6O2. The zero-order chi connectivity index (χ0) is 98.5. The van der Waals surface area contributed by atoms with Crippen LogP contribution in [0.15, 0.2) is 519 Å². The summed E-state index contributed by atoms with van der Waals surface area (Å²) in [6.45, 7) is 14.9. The standard InChI is InChI=1S/C71H49N3O.C69H47N3O/c1-4-45-24-30-51(31-25-45)74-67-22-11-7-16-59(67)62-42-47(29-41-68(62)74)48-28-39-55-56-40-38-53(44-64(56)71(2,3)63(55)43-48)72(49-32-26-46(27-33-49)54-18-13-19-61-60-17-8-12-23-69(60)75-70(54)61)50-34-36-52(37-35-50)73-65-20-9-5-14-57(65)58-15-6-10-21-66(58)73;1-45(2)46-26-33-55(34-27-46)72-66-20-9-5-14-60(66)63-44-51(32-43-67(63)72)49-24-22-47(23-25-49)48-28-35-52(36-29-48)70(53-37-30-50(31-38-53)57-16-11-17-62-61-15-6-10-21-68(61)73-69(57)62)54-39-41-56(42-40-54)71-64-18-7-3-12-58(64)59-13-4-8-19-65(59)71/h4-44H,1H2,2-3H3;3-44H,1H2,2H3. The van der Waals surface area contributed by atoms with Gasteiger partial charge in [0.15, 0.2) is 0 Å². The van der Waals surface area contributed by atoms with Crippen LogP contribution in [0.2, 0.25) is 0 Å². The Morgan fingerprint density at radius 2 is 0.500 bits per heavy atom. The molecule has 29 rings (SSSR count). The number of para-hydroxylation sites is 10. The molecule has 0 atom stereocenters. The third-order valence-corrected chi connectivity index (χ3v) is 30.9. The first kappa shape index (κ1) is 86.6. The van der Waals surface area contributed by atoms with E-state index >= 15 is 0 Å². The summed E-state index contributed by atoms with van der Waals surface area (Å²) >= 11 is 0. The first-order valence-corrected chi connectivity index (χ1v) is 50.8. The van der Waals surface area contributed by atoms with Crippen molar-refractivity contribution in [1.82, 2.24) is 18.3 Å². The molecule has 0 saturated heterocycles. The van der Waals surface area contributed by atoms with Gasteiger partial charge in [-0.3, -0.25) is 0 Å². The number of benzene rings is 22. The van der Waals surface area contributed by atoms with Gasteiger partial charge in [0.25, 0.3) is 0 Å². The molecule has 1 aliphatic rings. The lowest BCUT2D eigenvalue weighted by molar-refractivity contribution is 0.660. The zero-order valence-corrected chi connectivity index (χ0v) is 81.8. The molecule has 0 N–H and O–H groups in total. The van der Waals surface area contributed by atoms with Crippen molar-refractivity contribution in [2.75, 3.05) is 9.80 Å². The van der Waals surface area contributed by atoms with Crippen LogP contribution in [-0.2, 0) is 5.41 Å². The van der Waals surface area contributed by atoms with Gasteiger partial charge in [-0.2, -0.15) is 0 Å². The summed E-state index contributed by atoms with van der Waals surface area (Å²) in [5, 5.41) is 14.5. The highest BCUT2D eigenvalue weighted by molar-refractivity contribution is 6.16. The Labute approximate surface area is 856 Å². The molecule has 1 aliphatic carbocycles. The number of furan rings is 2. The second-order valence-corrected chi connectivity index (χ2v) is 39.6. The van der Waals surface area contributed by atoms with Crippen molar-refractivity contribution in [3.05, 3.63) is 533 Å². The van der Waals surface area contributed by atoms with Crippen LogP contribution < -0.4 is 9.80 Å². The van der Waals surface area contributed by atoms with E-state index in [-0.39, 0.29) is 5.41 Å². The van der Waals surface area contributed by atoms with E-state index in [2.05, 4.69) is 535 Å². The van der Waals surface area contributed by atoms with Crippen molar-refractivity contribution in [2.24, 2.45) is 0 Å². The summed E-state index contributed by atoms with van der Waals surface area (Å²) in [5.41, 5.74) is 43.9. The molecule has 0 amide bonds. The van der Waals surface area contributed by atoms with Crippen molar-refractivity contribution in [3.8, 4) is 89.5 Å². The molecule has 8 nitrogen and oxygen atoms in total. The van der Waals surface area contributed by atoms with Crippen LogP contribution in [0.1, 0.15) is 43.0 Å². The first-order chi connectivity index (χ1) is 72.9. The maximum atomic E-state index is 6.51. The van der Waals surface area contributed by atoms with Gasteiger partial charge in [0.1, 0.15) is 22.3 Å². The molecule has 8 heteroatoms. The van der Waals surface area contributed by atoms with Gasteiger partial charge in [-0.15, -0.1) is 0 Å². The third-order valence-electron chi connectivity index (χ3n) is 30.9. The summed E-state index contributed by atoms with van der Waals surface area (Å²) in [6, 6.07) is 181. The van der Waals surface area contributed by atoms with E-state index in [1.807, 2.05) is 30.3 Å². The minimum atomic E-state index is -0.268. The second-order valence-electron chi connectivity index (χ2n) is 39.6. The number of allylic oxidation sites excluding steroid dienone is 1. The first-order valence-electron chi connectivity index (χ1n) is 50.8. The Balaban J connectivity index is 0.000000143. The fourth-order valence-corrected chi connectivity index (χ4v) is 23.5. The Bertz CT molecular complexity index is 10100. The molecule has 0 saturated carbocycles. The van der Waals surface area contributed by atoms with Crippen LogP contribution >= 0.6 is 0 Å². The van der Waals surface area contributed by atoms with Crippen LogP contribution in [-0.4, -0.2) is 18.3 Å². The number of anilines is 6. The molecule has 0 radical (unpaired) electrons. The van der Waals surface area contributed by atoms with Crippen LogP contribution in [0.5, 0.6) is 0 Å². The molecule has 0 aliphatic heterocycles. The van der Waals surface area contributed by atoms with Crippen molar-refractivity contribution in [2.45, 2.75) is 26.2 Å². The van der Waals surface area contributed by atoms with Crippen LogP contribution in [0.3, 0.4) is 0 Å². The van der Waals surface area contributed by atoms with E-state index < -0.39 is 0 Å². The molecule has 698 valence electrons. The van der Waals surface area contributed by atoms with E-state index in [0.29, 0.717) is 0 Å². The monoisotopic (exact) mass is 1890 g/mol. The molecule has 22 aromatic carbocycles. The summed E-state index contributed by atoms with van der Waals surface area (Å²) in [5.74, 6) is 0. The number of rotatable bonds is 17. The fraction of sp³-hybridized carbons (Fsp3) is 0.0286. The second kappa shape index (κ2) is 34.8. The molecule has 6 heterocycles. The van der Waals surface area contributed by atoms with Crippen LogP contribution in [0.25, 0.3) is 232 Å². The number of hydrogen-bond acceptors (Lipinski definition) is 4. The minimum Gasteiger partial charge on any atom is -0.455 e. The number of hydrogen-bond donors (Lipinski definition) is 0. The van der Waals surface area contributed by atoms with Crippen molar-refractivity contribution < 1.29 is 8.83 Å². The smallest absolute Gasteiger partial charge is 0.143 e. The lowest BCUT2D eigenvalue weighted by Gasteiger charge is -2.28. The summed E-state index contributed by atoms with van der Waals surface area (Å²) in [4.78, 5) is 4.75. The Morgan fingerprint density at radius 3 is 0.892 bits per heavy atom. The SMILES string of the molecule is C=C(C)c1ccc(-n2c3ccccc3c3cc(-c4ccc(-c5ccc(N(c6ccc(-c7cccc8c7oc7ccccc78)cc6)c6ccc(-n7c8ccccc8c8ccccc87)cc6)cc5)cc4)ccc32)cc1.C=Cc1ccc(-n2c3ccccc3c3cc(-c4ccc5c(c4)C(C)(C)c4cc(N(c6ccc(-c7cccc8c7oc7ccccc78)cc6)c6ccc(-n7c8ccccc8c8ccccc87)cc6)ccc4-5)ccc32)cc1. The summed E-state index contributed by atoms with van der Waals surface area (Å²) in [7, 11) is 0. The molecule has 28 aromatic rings. The minimum absolute atomic E-state index is 0.268. The maximum Gasteiger partial charge on any atom is 0.143 e. The van der Waals surface area contributed by atoms with E-state index in [9.17, 15) is 0 Å². The van der Waals surface area contributed by atoms with Gasteiger partial charge in [0, 0.05) is 138 Å². The molecule has 0 spiro atoms. The maximum absolute atomic E-state index is 6.51. The third kappa shape index (κ3) is 14.3. The fourth-order valence-electron chi connectivity index (χ4n) is 23.5. The normalized spacial score (nSPS) is 12.3. The van der Waals surface area contributed by atoms with Gasteiger partial charge in [-0.05, 0) is 285 Å². The van der Waals surface area contributed by atoms with Gasteiger partial charge in [0.2, 0.25) is 0 Å². The number of fused-ring (bicyclic) bond motifs is 21. The highest BCUT2D eigenvalue weighted by atomic mass is 16.3. The molecule has 148 heavy (non-hydrogen) atoms. The van der Waals surface area contributed by atoms with Gasteiger partial charge in [-0.1, -0.05) is 336 Å². The van der Waals surface area contributed by atoms with E-state index in [0.717, 1.165) is 151 Å². The average Bonchev–Trinajstić information content (AvgIpc) is 1.57. The Kier molecular flexibility index (Phi) is 20.4. The van der Waals surface area contributed by atoms with Crippen molar-refractivity contribution in [1.29, 1.82) is 0 Å². The predicted octanol–water partition coefficient (Wildman–Crippen LogP) is 38.8. The Hall–Kier alpha value is -19.3. The topological polar surface area (TPSA) is 52.5 Å². The van der Waals surface area contributed by atoms with E-state index in [1.54, 1.807) is 0 Å².